The van der Waals surface area contributed by atoms with Gasteiger partial charge in [-0.05, 0) is 25.0 Å². The average molecular weight is 242 g/mol. The van der Waals surface area contributed by atoms with E-state index in [1.54, 1.807) is 32.2 Å². The number of aryl methyl sites for hydroxylation is 2. The van der Waals surface area contributed by atoms with Crippen LogP contribution in [0.5, 0.6) is 0 Å². The lowest BCUT2D eigenvalue weighted by Crippen LogP contribution is -2.01. The van der Waals surface area contributed by atoms with Crippen molar-refractivity contribution >= 4 is 15.9 Å². The first kappa shape index (κ1) is 11.1. The molecule has 6 heteroatoms. The highest BCUT2D eigenvalue weighted by atomic mass is 32.3. The molecule has 0 spiro atoms. The fraction of sp³-hybridized carbons (Fsp3) is 0.300. The zero-order valence-electron chi connectivity index (χ0n) is 8.94. The molecule has 0 aliphatic heterocycles. The van der Waals surface area contributed by atoms with Gasteiger partial charge in [-0.3, -0.25) is 4.40 Å². The van der Waals surface area contributed by atoms with E-state index in [0.717, 1.165) is 5.56 Å². The van der Waals surface area contributed by atoms with E-state index in [0.29, 0.717) is 12.1 Å². The van der Waals surface area contributed by atoms with Crippen LogP contribution in [0.2, 0.25) is 0 Å². The van der Waals surface area contributed by atoms with Gasteiger partial charge in [0, 0.05) is 6.20 Å². The van der Waals surface area contributed by atoms with Gasteiger partial charge in [0.2, 0.25) is 0 Å². The molecule has 0 atom stereocenters. The molecule has 0 fully saturated rings. The molecule has 0 amide bonds. The summed E-state index contributed by atoms with van der Waals surface area (Å²) < 4.78 is 36.6. The largest absolute Gasteiger partial charge is 0.350 e. The van der Waals surface area contributed by atoms with Crippen molar-refractivity contribution < 1.29 is 12.3 Å². The van der Waals surface area contributed by atoms with Crippen molar-refractivity contribution in [2.75, 3.05) is 0 Å². The van der Waals surface area contributed by atoms with Crippen molar-refractivity contribution in [1.82, 2.24) is 9.38 Å². The highest BCUT2D eigenvalue weighted by Gasteiger charge is 2.23. The van der Waals surface area contributed by atoms with Gasteiger partial charge >= 0.3 is 10.2 Å². The monoisotopic (exact) mass is 242 g/mol. The minimum Gasteiger partial charge on any atom is -0.288 e. The lowest BCUT2D eigenvalue weighted by molar-refractivity contribution is 0.545. The number of fused-ring (bicyclic) bond motifs is 1. The maximum Gasteiger partial charge on any atom is 0.350 e. The first-order chi connectivity index (χ1) is 7.43. The molecule has 16 heavy (non-hydrogen) atoms. The van der Waals surface area contributed by atoms with Crippen molar-refractivity contribution in [3.05, 3.63) is 29.6 Å². The summed E-state index contributed by atoms with van der Waals surface area (Å²) in [7, 11) is -4.75. The highest BCUT2D eigenvalue weighted by Crippen LogP contribution is 2.21. The van der Waals surface area contributed by atoms with Gasteiger partial charge in [-0.15, -0.1) is 0 Å². The zero-order valence-corrected chi connectivity index (χ0v) is 9.75. The molecule has 0 saturated carbocycles. The van der Waals surface area contributed by atoms with Crippen molar-refractivity contribution in [1.29, 1.82) is 0 Å². The lowest BCUT2D eigenvalue weighted by atomic mass is 10.3. The lowest BCUT2D eigenvalue weighted by Gasteiger charge is -1.99. The van der Waals surface area contributed by atoms with E-state index < -0.39 is 10.2 Å². The van der Waals surface area contributed by atoms with Crippen LogP contribution < -0.4 is 0 Å². The second-order valence-corrected chi connectivity index (χ2v) is 4.85. The third kappa shape index (κ3) is 1.69. The highest BCUT2D eigenvalue weighted by molar-refractivity contribution is 7.86. The maximum absolute atomic E-state index is 13.2. The quantitative estimate of drug-likeness (QED) is 0.755. The van der Waals surface area contributed by atoms with Gasteiger partial charge in [0.25, 0.3) is 0 Å². The van der Waals surface area contributed by atoms with Crippen LogP contribution in [0.15, 0.2) is 23.4 Å². The molecule has 0 aromatic carbocycles. The second kappa shape index (κ2) is 3.55. The molecule has 0 unspecified atom stereocenters. The van der Waals surface area contributed by atoms with E-state index in [4.69, 9.17) is 0 Å². The standard InChI is InChI=1S/C10H11FN2O2S/c1-3-8-10(16(11,14)15)13-6-7(2)4-5-9(13)12-8/h4-6H,3H2,1-2H3. The number of aromatic nitrogens is 2. The fourth-order valence-electron chi connectivity index (χ4n) is 1.67. The Morgan fingerprint density at radius 1 is 1.44 bits per heavy atom. The molecule has 2 aromatic heterocycles. The average Bonchev–Trinajstić information content (AvgIpc) is 2.54. The van der Waals surface area contributed by atoms with Gasteiger partial charge < -0.3 is 0 Å². The van der Waals surface area contributed by atoms with E-state index in [1.165, 1.54) is 4.40 Å². The minimum atomic E-state index is -4.75. The molecule has 2 heterocycles. The first-order valence-corrected chi connectivity index (χ1v) is 6.24. The van der Waals surface area contributed by atoms with Crippen molar-refractivity contribution in [3.63, 3.8) is 0 Å². The molecule has 0 aliphatic rings. The Morgan fingerprint density at radius 3 is 2.69 bits per heavy atom. The molecule has 0 aliphatic carbocycles. The fourth-order valence-corrected chi connectivity index (χ4v) is 2.52. The Hall–Kier alpha value is -1.43. The molecule has 0 bridgehead atoms. The number of hydrogen-bond acceptors (Lipinski definition) is 3. The molecule has 86 valence electrons. The summed E-state index contributed by atoms with van der Waals surface area (Å²) in [6.45, 7) is 3.54. The van der Waals surface area contributed by atoms with E-state index >= 15 is 0 Å². The SMILES string of the molecule is CCc1nc2ccc(C)cn2c1S(=O)(=O)F. The molecule has 0 saturated heterocycles. The molecular weight excluding hydrogens is 231 g/mol. The van der Waals surface area contributed by atoms with E-state index in [-0.39, 0.29) is 10.7 Å². The maximum atomic E-state index is 13.2. The van der Waals surface area contributed by atoms with Crippen LogP contribution in [-0.2, 0) is 16.6 Å². The Balaban J connectivity index is 2.92. The summed E-state index contributed by atoms with van der Waals surface area (Å²) in [4.78, 5) is 4.08. The van der Waals surface area contributed by atoms with Crippen LogP contribution in [0.25, 0.3) is 5.65 Å². The molecular formula is C10H11FN2O2S. The van der Waals surface area contributed by atoms with Crippen molar-refractivity contribution in [2.45, 2.75) is 25.3 Å². The Kier molecular flexibility index (Phi) is 2.46. The summed E-state index contributed by atoms with van der Waals surface area (Å²) in [5.74, 6) is 0. The summed E-state index contributed by atoms with van der Waals surface area (Å²) in [5, 5.41) is -0.353. The summed E-state index contributed by atoms with van der Waals surface area (Å²) >= 11 is 0. The van der Waals surface area contributed by atoms with Crippen LogP contribution in [0.4, 0.5) is 3.89 Å². The smallest absolute Gasteiger partial charge is 0.288 e. The minimum absolute atomic E-state index is 0.258. The predicted molar refractivity (Wildman–Crippen MR) is 57.6 cm³/mol. The number of pyridine rings is 1. The predicted octanol–water partition coefficient (Wildman–Crippen LogP) is 1.86. The Bertz CT molecular complexity index is 646. The normalized spacial score (nSPS) is 12.2. The third-order valence-electron chi connectivity index (χ3n) is 2.36. The molecule has 2 rings (SSSR count). The third-order valence-corrected chi connectivity index (χ3v) is 3.25. The van der Waals surface area contributed by atoms with Crippen LogP contribution in [-0.4, -0.2) is 17.8 Å². The number of imidazole rings is 1. The van der Waals surface area contributed by atoms with Gasteiger partial charge in [0.15, 0.2) is 5.03 Å². The van der Waals surface area contributed by atoms with Gasteiger partial charge in [0.05, 0.1) is 5.69 Å². The molecule has 4 nitrogen and oxygen atoms in total. The number of halogens is 1. The van der Waals surface area contributed by atoms with Crippen LogP contribution in [0, 0.1) is 6.92 Å². The molecule has 0 radical (unpaired) electrons. The van der Waals surface area contributed by atoms with Crippen LogP contribution >= 0.6 is 0 Å². The van der Waals surface area contributed by atoms with E-state index in [9.17, 15) is 12.3 Å². The van der Waals surface area contributed by atoms with Crippen LogP contribution in [0.1, 0.15) is 18.2 Å². The van der Waals surface area contributed by atoms with Gasteiger partial charge in [0.1, 0.15) is 5.65 Å². The summed E-state index contributed by atoms with van der Waals surface area (Å²) in [6, 6.07) is 3.47. The van der Waals surface area contributed by atoms with Crippen molar-refractivity contribution in [2.24, 2.45) is 0 Å². The molecule has 2 aromatic rings. The van der Waals surface area contributed by atoms with E-state index in [2.05, 4.69) is 4.98 Å². The van der Waals surface area contributed by atoms with E-state index in [1.807, 2.05) is 0 Å². The Morgan fingerprint density at radius 2 is 2.12 bits per heavy atom. The second-order valence-electron chi connectivity index (χ2n) is 3.59. The number of rotatable bonds is 2. The number of hydrogen-bond donors (Lipinski definition) is 0. The number of nitrogens with zero attached hydrogens (tertiary/aromatic N) is 2. The van der Waals surface area contributed by atoms with Gasteiger partial charge in [-0.1, -0.05) is 16.9 Å². The zero-order chi connectivity index (χ0) is 11.9. The van der Waals surface area contributed by atoms with Crippen molar-refractivity contribution in [3.8, 4) is 0 Å². The van der Waals surface area contributed by atoms with Gasteiger partial charge in [-0.2, -0.15) is 8.42 Å². The topological polar surface area (TPSA) is 51.4 Å². The summed E-state index contributed by atoms with van der Waals surface area (Å²) in [5.41, 5.74) is 1.55. The van der Waals surface area contributed by atoms with Crippen LogP contribution in [0.3, 0.4) is 0 Å². The first-order valence-electron chi connectivity index (χ1n) is 4.85. The Labute approximate surface area is 93.0 Å². The summed E-state index contributed by atoms with van der Waals surface area (Å²) in [6.07, 6.45) is 1.94. The molecule has 0 N–H and O–H groups in total. The van der Waals surface area contributed by atoms with Gasteiger partial charge in [-0.25, -0.2) is 4.98 Å².